The highest BCUT2D eigenvalue weighted by Gasteiger charge is 2.10. The molecule has 0 bridgehead atoms. The van der Waals surface area contributed by atoms with Gasteiger partial charge in [-0.1, -0.05) is 12.2 Å². The highest BCUT2D eigenvalue weighted by molar-refractivity contribution is 4.93. The summed E-state index contributed by atoms with van der Waals surface area (Å²) in [5.74, 6) is 0. The van der Waals surface area contributed by atoms with E-state index in [1.807, 2.05) is 12.2 Å². The van der Waals surface area contributed by atoms with Gasteiger partial charge >= 0.3 is 0 Å². The summed E-state index contributed by atoms with van der Waals surface area (Å²) in [5.41, 5.74) is 0. The Bertz CT molecular complexity index is 124. The van der Waals surface area contributed by atoms with Gasteiger partial charge < -0.3 is 0 Å². The van der Waals surface area contributed by atoms with Crippen LogP contribution >= 0.6 is 0 Å². The van der Waals surface area contributed by atoms with E-state index in [0.29, 0.717) is 0 Å². The van der Waals surface area contributed by atoms with Crippen LogP contribution in [0.3, 0.4) is 0 Å². The Morgan fingerprint density at radius 3 is 2.80 bits per heavy atom. The third-order valence-electron chi connectivity index (χ3n) is 1.44. The van der Waals surface area contributed by atoms with Crippen molar-refractivity contribution in [1.82, 2.24) is 5.39 Å². The van der Waals surface area contributed by atoms with Crippen molar-refractivity contribution in [1.29, 1.82) is 0 Å². The molecule has 0 saturated heterocycles. The van der Waals surface area contributed by atoms with E-state index in [-0.39, 0.29) is 11.5 Å². The molecule has 0 aromatic carbocycles. The van der Waals surface area contributed by atoms with Crippen LogP contribution in [0.4, 0.5) is 0 Å². The predicted octanol–water partition coefficient (Wildman–Crippen LogP) is 1.11. The fourth-order valence-corrected chi connectivity index (χ4v) is 0.990. The van der Waals surface area contributed by atoms with E-state index in [1.165, 1.54) is 0 Å². The van der Waals surface area contributed by atoms with E-state index in [4.69, 9.17) is 10.4 Å². The molecule has 0 aromatic heterocycles. The average molecular weight is 145 g/mol. The van der Waals surface area contributed by atoms with E-state index < -0.39 is 0 Å². The number of hydrogen-bond donors (Lipinski definition) is 2. The summed E-state index contributed by atoms with van der Waals surface area (Å²) in [6, 6.07) is 0. The Labute approximate surface area is 59.2 Å². The van der Waals surface area contributed by atoms with Crippen molar-refractivity contribution in [3.8, 4) is 0 Å². The maximum absolute atomic E-state index is 8.24. The van der Waals surface area contributed by atoms with Crippen LogP contribution in [-0.4, -0.2) is 21.9 Å². The fourth-order valence-electron chi connectivity index (χ4n) is 0.990. The minimum atomic E-state index is -0.236. The Hall–Kier alpha value is -0.420. The summed E-state index contributed by atoms with van der Waals surface area (Å²) in [4.78, 5) is 4.55. The zero-order chi connectivity index (χ0) is 7.40. The Kier molecular flexibility index (Phi) is 2.82. The Morgan fingerprint density at radius 2 is 2.30 bits per heavy atom. The van der Waals surface area contributed by atoms with E-state index in [9.17, 15) is 0 Å². The minimum absolute atomic E-state index is 0.177. The van der Waals surface area contributed by atoms with Crippen LogP contribution in [0.1, 0.15) is 19.3 Å². The molecule has 0 aromatic rings. The van der Waals surface area contributed by atoms with Crippen LogP contribution in [0.15, 0.2) is 12.2 Å². The molecular weight excluding hydrogens is 134 g/mol. The van der Waals surface area contributed by atoms with Gasteiger partial charge in [-0.25, -0.2) is 4.84 Å². The second kappa shape index (κ2) is 3.68. The number of nitrogens with zero attached hydrogens (tertiary/aromatic N) is 1. The summed E-state index contributed by atoms with van der Waals surface area (Å²) in [5, 5.41) is 16.2. The molecule has 2 N–H and O–H groups in total. The molecule has 1 atom stereocenters. The molecule has 10 heavy (non-hydrogen) atoms. The summed E-state index contributed by atoms with van der Waals surface area (Å²) in [6.45, 7) is 0. The standard InChI is InChI=1S/C6H11NO3/c8-7(9)10-6-4-2-1-3-5-6/h2,4,6,8-9H,1,3,5H2. The van der Waals surface area contributed by atoms with Crippen LogP contribution in [0.2, 0.25) is 0 Å². The van der Waals surface area contributed by atoms with Gasteiger partial charge in [0.15, 0.2) is 0 Å². The summed E-state index contributed by atoms with van der Waals surface area (Å²) in [6.07, 6.45) is 6.55. The summed E-state index contributed by atoms with van der Waals surface area (Å²) >= 11 is 0. The zero-order valence-electron chi connectivity index (χ0n) is 5.60. The van der Waals surface area contributed by atoms with Gasteiger partial charge in [0.25, 0.3) is 0 Å². The van der Waals surface area contributed by atoms with Gasteiger partial charge in [0.05, 0.1) is 5.39 Å². The number of rotatable bonds is 2. The summed E-state index contributed by atoms with van der Waals surface area (Å²) < 4.78 is 0. The van der Waals surface area contributed by atoms with Gasteiger partial charge in [-0.3, -0.25) is 10.4 Å². The highest BCUT2D eigenvalue weighted by Crippen LogP contribution is 2.13. The fraction of sp³-hybridized carbons (Fsp3) is 0.667. The maximum Gasteiger partial charge on any atom is 0.102 e. The molecule has 0 fully saturated rings. The van der Waals surface area contributed by atoms with Gasteiger partial charge in [0.2, 0.25) is 0 Å². The largest absolute Gasteiger partial charge is 0.266 e. The number of allylic oxidation sites excluding steroid dienone is 1. The molecule has 0 radical (unpaired) electrons. The Morgan fingerprint density at radius 1 is 1.50 bits per heavy atom. The smallest absolute Gasteiger partial charge is 0.102 e. The molecule has 0 saturated carbocycles. The first-order chi connectivity index (χ1) is 4.79. The van der Waals surface area contributed by atoms with Crippen LogP contribution in [0, 0.1) is 0 Å². The van der Waals surface area contributed by atoms with Crippen molar-refractivity contribution in [2.45, 2.75) is 25.4 Å². The number of hydrogen-bond acceptors (Lipinski definition) is 4. The third-order valence-corrected chi connectivity index (χ3v) is 1.44. The zero-order valence-corrected chi connectivity index (χ0v) is 5.60. The second-order valence-corrected chi connectivity index (χ2v) is 2.26. The molecule has 1 unspecified atom stereocenters. The summed E-state index contributed by atoms with van der Waals surface area (Å²) in [7, 11) is 0. The molecule has 1 aliphatic rings. The lowest BCUT2D eigenvalue weighted by Crippen LogP contribution is -2.23. The van der Waals surface area contributed by atoms with Gasteiger partial charge in [0.1, 0.15) is 6.10 Å². The van der Waals surface area contributed by atoms with E-state index in [0.717, 1.165) is 19.3 Å². The Balaban J connectivity index is 2.26. The molecule has 4 heteroatoms. The van der Waals surface area contributed by atoms with Crippen molar-refractivity contribution in [3.05, 3.63) is 12.2 Å². The first-order valence-electron chi connectivity index (χ1n) is 3.30. The molecule has 58 valence electrons. The topological polar surface area (TPSA) is 52.9 Å². The first kappa shape index (κ1) is 7.68. The molecule has 0 heterocycles. The molecule has 0 spiro atoms. The van der Waals surface area contributed by atoms with Crippen molar-refractivity contribution < 1.29 is 15.3 Å². The molecule has 0 aliphatic heterocycles. The van der Waals surface area contributed by atoms with Crippen molar-refractivity contribution in [3.63, 3.8) is 0 Å². The monoisotopic (exact) mass is 145 g/mol. The molecule has 4 nitrogen and oxygen atoms in total. The van der Waals surface area contributed by atoms with Crippen molar-refractivity contribution in [2.24, 2.45) is 0 Å². The third kappa shape index (κ3) is 2.45. The predicted molar refractivity (Wildman–Crippen MR) is 33.3 cm³/mol. The van der Waals surface area contributed by atoms with E-state index >= 15 is 0 Å². The van der Waals surface area contributed by atoms with Crippen LogP contribution < -0.4 is 0 Å². The molecular formula is C6H11NO3. The lowest BCUT2D eigenvalue weighted by atomic mass is 10.1. The minimum Gasteiger partial charge on any atom is -0.266 e. The van der Waals surface area contributed by atoms with E-state index in [2.05, 4.69) is 4.84 Å². The average Bonchev–Trinajstić information content (AvgIpc) is 1.88. The van der Waals surface area contributed by atoms with E-state index in [1.54, 1.807) is 0 Å². The lowest BCUT2D eigenvalue weighted by Gasteiger charge is -2.17. The molecule has 1 rings (SSSR count). The van der Waals surface area contributed by atoms with Gasteiger partial charge in [-0.05, 0) is 19.3 Å². The molecule has 1 aliphatic carbocycles. The SMILES string of the molecule is ON(O)OC1C=CCCC1. The first-order valence-corrected chi connectivity index (χ1v) is 3.30. The molecule has 0 amide bonds. The van der Waals surface area contributed by atoms with Gasteiger partial charge in [0, 0.05) is 0 Å². The highest BCUT2D eigenvalue weighted by atomic mass is 17.1. The second-order valence-electron chi connectivity index (χ2n) is 2.26. The van der Waals surface area contributed by atoms with Crippen LogP contribution in [0.5, 0.6) is 0 Å². The lowest BCUT2D eigenvalue weighted by molar-refractivity contribution is -0.501. The maximum atomic E-state index is 8.24. The van der Waals surface area contributed by atoms with Gasteiger partial charge in [-0.15, -0.1) is 0 Å². The normalized spacial score (nSPS) is 25.7. The van der Waals surface area contributed by atoms with Crippen LogP contribution in [0.25, 0.3) is 0 Å². The quantitative estimate of drug-likeness (QED) is 0.451. The van der Waals surface area contributed by atoms with Crippen molar-refractivity contribution >= 4 is 0 Å². The van der Waals surface area contributed by atoms with Crippen LogP contribution in [-0.2, 0) is 4.84 Å². The van der Waals surface area contributed by atoms with Crippen molar-refractivity contribution in [2.75, 3.05) is 0 Å². The van der Waals surface area contributed by atoms with Gasteiger partial charge in [-0.2, -0.15) is 0 Å².